The third kappa shape index (κ3) is 2.37. The standard InChI is InChI=1S/C12H19NS/c1-10-4-3-6-13(8-10)9-12-11(2)5-7-14-12/h5,7,10H,3-4,6,8-9H2,1-2H3/t10-/m1/s1. The van der Waals surface area contributed by atoms with Crippen LogP contribution in [0.3, 0.4) is 0 Å². The lowest BCUT2D eigenvalue weighted by atomic mass is 10.0. The maximum Gasteiger partial charge on any atom is 0.0330 e. The van der Waals surface area contributed by atoms with Gasteiger partial charge in [-0.3, -0.25) is 4.90 Å². The Kier molecular flexibility index (Phi) is 3.24. The lowest BCUT2D eigenvalue weighted by Gasteiger charge is -2.30. The van der Waals surface area contributed by atoms with Gasteiger partial charge in [-0.1, -0.05) is 6.92 Å². The molecule has 1 saturated heterocycles. The van der Waals surface area contributed by atoms with E-state index in [-0.39, 0.29) is 0 Å². The Hall–Kier alpha value is -0.340. The molecule has 0 saturated carbocycles. The molecule has 0 amide bonds. The van der Waals surface area contributed by atoms with Crippen molar-refractivity contribution in [1.82, 2.24) is 4.90 Å². The largest absolute Gasteiger partial charge is 0.298 e. The molecule has 1 fully saturated rings. The van der Waals surface area contributed by atoms with E-state index in [4.69, 9.17) is 0 Å². The van der Waals surface area contributed by atoms with Gasteiger partial charge in [0.05, 0.1) is 0 Å². The quantitative estimate of drug-likeness (QED) is 0.722. The Bertz CT molecular complexity index is 292. The molecule has 0 spiro atoms. The SMILES string of the molecule is Cc1ccsc1CN1CCC[C@@H](C)C1. The lowest BCUT2D eigenvalue weighted by molar-refractivity contribution is 0.178. The minimum atomic E-state index is 0.893. The van der Waals surface area contributed by atoms with Crippen LogP contribution in [0.25, 0.3) is 0 Å². The molecule has 0 unspecified atom stereocenters. The van der Waals surface area contributed by atoms with Gasteiger partial charge in [0.15, 0.2) is 0 Å². The predicted octanol–water partition coefficient (Wildman–Crippen LogP) is 3.29. The number of hydrogen-bond acceptors (Lipinski definition) is 2. The van der Waals surface area contributed by atoms with Gasteiger partial charge in [-0.2, -0.15) is 0 Å². The van der Waals surface area contributed by atoms with E-state index in [1.165, 1.54) is 38.0 Å². The van der Waals surface area contributed by atoms with Crippen LogP contribution in [0.2, 0.25) is 0 Å². The predicted molar refractivity (Wildman–Crippen MR) is 62.7 cm³/mol. The van der Waals surface area contributed by atoms with Gasteiger partial charge >= 0.3 is 0 Å². The highest BCUT2D eigenvalue weighted by atomic mass is 32.1. The van der Waals surface area contributed by atoms with Crippen molar-refractivity contribution in [3.63, 3.8) is 0 Å². The summed E-state index contributed by atoms with van der Waals surface area (Å²) < 4.78 is 0. The molecular formula is C12H19NS. The molecule has 1 nitrogen and oxygen atoms in total. The maximum absolute atomic E-state index is 2.60. The maximum atomic E-state index is 2.60. The van der Waals surface area contributed by atoms with Gasteiger partial charge in [0, 0.05) is 18.0 Å². The van der Waals surface area contributed by atoms with Gasteiger partial charge in [0.1, 0.15) is 0 Å². The van der Waals surface area contributed by atoms with Crippen molar-refractivity contribution in [3.05, 3.63) is 21.9 Å². The number of thiophene rings is 1. The smallest absolute Gasteiger partial charge is 0.0330 e. The minimum Gasteiger partial charge on any atom is -0.298 e. The molecular weight excluding hydrogens is 190 g/mol. The fraction of sp³-hybridized carbons (Fsp3) is 0.667. The van der Waals surface area contributed by atoms with Gasteiger partial charge < -0.3 is 0 Å². The monoisotopic (exact) mass is 209 g/mol. The first-order chi connectivity index (χ1) is 6.75. The van der Waals surface area contributed by atoms with Crippen LogP contribution < -0.4 is 0 Å². The molecule has 0 aliphatic carbocycles. The number of likely N-dealkylation sites (tertiary alicyclic amines) is 1. The highest BCUT2D eigenvalue weighted by molar-refractivity contribution is 7.10. The van der Waals surface area contributed by atoms with Crippen LogP contribution >= 0.6 is 11.3 Å². The van der Waals surface area contributed by atoms with Gasteiger partial charge in [-0.05, 0) is 49.2 Å². The first kappa shape index (κ1) is 10.2. The normalized spacial score (nSPS) is 24.0. The van der Waals surface area contributed by atoms with Gasteiger partial charge in [0.2, 0.25) is 0 Å². The lowest BCUT2D eigenvalue weighted by Crippen LogP contribution is -2.33. The molecule has 0 bridgehead atoms. The molecule has 1 aliphatic rings. The number of rotatable bonds is 2. The van der Waals surface area contributed by atoms with Crippen LogP contribution in [0, 0.1) is 12.8 Å². The van der Waals surface area contributed by atoms with Crippen LogP contribution in [-0.2, 0) is 6.54 Å². The topological polar surface area (TPSA) is 3.24 Å². The Balaban J connectivity index is 1.94. The Morgan fingerprint density at radius 2 is 2.43 bits per heavy atom. The number of nitrogens with zero attached hydrogens (tertiary/aromatic N) is 1. The third-order valence-corrected chi connectivity index (χ3v) is 4.08. The average Bonchev–Trinajstić information content (AvgIpc) is 2.52. The first-order valence-corrected chi connectivity index (χ1v) is 6.39. The van der Waals surface area contributed by atoms with E-state index in [1.54, 1.807) is 4.88 Å². The second-order valence-electron chi connectivity index (χ2n) is 4.51. The van der Waals surface area contributed by atoms with Crippen LogP contribution in [0.5, 0.6) is 0 Å². The zero-order valence-electron chi connectivity index (χ0n) is 9.12. The minimum absolute atomic E-state index is 0.893. The van der Waals surface area contributed by atoms with Gasteiger partial charge in [0.25, 0.3) is 0 Å². The van der Waals surface area contributed by atoms with Crippen LogP contribution in [0.4, 0.5) is 0 Å². The van der Waals surface area contributed by atoms with Gasteiger partial charge in [-0.15, -0.1) is 11.3 Å². The van der Waals surface area contributed by atoms with Crippen molar-refractivity contribution in [2.45, 2.75) is 33.2 Å². The van der Waals surface area contributed by atoms with Crippen molar-refractivity contribution >= 4 is 11.3 Å². The molecule has 1 aliphatic heterocycles. The summed E-state index contributed by atoms with van der Waals surface area (Å²) in [7, 11) is 0. The Morgan fingerprint density at radius 1 is 1.57 bits per heavy atom. The highest BCUT2D eigenvalue weighted by Crippen LogP contribution is 2.22. The zero-order chi connectivity index (χ0) is 9.97. The molecule has 1 aromatic heterocycles. The van der Waals surface area contributed by atoms with Crippen LogP contribution in [0.1, 0.15) is 30.2 Å². The van der Waals surface area contributed by atoms with Crippen molar-refractivity contribution in [3.8, 4) is 0 Å². The molecule has 0 radical (unpaired) electrons. The average molecular weight is 209 g/mol. The fourth-order valence-electron chi connectivity index (χ4n) is 2.20. The van der Waals surface area contributed by atoms with Crippen LogP contribution in [0.15, 0.2) is 11.4 Å². The summed E-state index contributed by atoms with van der Waals surface area (Å²) in [5, 5.41) is 2.21. The summed E-state index contributed by atoms with van der Waals surface area (Å²) >= 11 is 1.90. The Morgan fingerprint density at radius 3 is 3.07 bits per heavy atom. The van der Waals surface area contributed by atoms with Crippen molar-refractivity contribution < 1.29 is 0 Å². The second-order valence-corrected chi connectivity index (χ2v) is 5.51. The summed E-state index contributed by atoms with van der Waals surface area (Å²) in [6.07, 6.45) is 2.80. The van der Waals surface area contributed by atoms with Crippen molar-refractivity contribution in [2.24, 2.45) is 5.92 Å². The van der Waals surface area contributed by atoms with E-state index >= 15 is 0 Å². The van der Waals surface area contributed by atoms with E-state index in [0.717, 1.165) is 5.92 Å². The molecule has 0 aromatic carbocycles. The molecule has 2 rings (SSSR count). The molecule has 0 N–H and O–H groups in total. The number of hydrogen-bond donors (Lipinski definition) is 0. The van der Waals surface area contributed by atoms with E-state index in [2.05, 4.69) is 30.2 Å². The molecule has 1 aromatic rings. The first-order valence-electron chi connectivity index (χ1n) is 5.51. The number of aryl methyl sites for hydroxylation is 1. The Labute approximate surface area is 90.7 Å². The third-order valence-electron chi connectivity index (χ3n) is 3.08. The summed E-state index contributed by atoms with van der Waals surface area (Å²) in [5.74, 6) is 0.893. The summed E-state index contributed by atoms with van der Waals surface area (Å²) in [4.78, 5) is 4.16. The van der Waals surface area contributed by atoms with Crippen molar-refractivity contribution in [2.75, 3.05) is 13.1 Å². The van der Waals surface area contributed by atoms with Crippen molar-refractivity contribution in [1.29, 1.82) is 0 Å². The summed E-state index contributed by atoms with van der Waals surface area (Å²) in [5.41, 5.74) is 1.47. The van der Waals surface area contributed by atoms with Crippen LogP contribution in [-0.4, -0.2) is 18.0 Å². The van der Waals surface area contributed by atoms with E-state index in [1.807, 2.05) is 11.3 Å². The second kappa shape index (κ2) is 4.45. The summed E-state index contributed by atoms with van der Waals surface area (Å²) in [6, 6.07) is 2.23. The molecule has 2 heterocycles. The molecule has 78 valence electrons. The molecule has 2 heteroatoms. The van der Waals surface area contributed by atoms with Gasteiger partial charge in [-0.25, -0.2) is 0 Å². The summed E-state index contributed by atoms with van der Waals surface area (Å²) in [6.45, 7) is 8.35. The number of piperidine rings is 1. The highest BCUT2D eigenvalue weighted by Gasteiger charge is 2.16. The molecule has 1 atom stereocenters. The zero-order valence-corrected chi connectivity index (χ0v) is 9.94. The van der Waals surface area contributed by atoms with E-state index in [9.17, 15) is 0 Å². The molecule has 14 heavy (non-hydrogen) atoms. The van der Waals surface area contributed by atoms with E-state index < -0.39 is 0 Å². The fourth-order valence-corrected chi connectivity index (χ4v) is 3.15. The van der Waals surface area contributed by atoms with E-state index in [0.29, 0.717) is 0 Å².